The molecule has 0 bridgehead atoms. The number of amides is 1. The van der Waals surface area contributed by atoms with Gasteiger partial charge in [0, 0.05) is 32.2 Å². The Labute approximate surface area is 147 Å². The number of carbonyl (C=O) groups is 1. The van der Waals surface area contributed by atoms with Crippen LogP contribution >= 0.6 is 0 Å². The second kappa shape index (κ2) is 7.51. The van der Waals surface area contributed by atoms with Crippen LogP contribution in [0.4, 0.5) is 15.9 Å². The van der Waals surface area contributed by atoms with Crippen LogP contribution in [0.5, 0.6) is 0 Å². The molecule has 0 aliphatic carbocycles. The summed E-state index contributed by atoms with van der Waals surface area (Å²) in [6.07, 6.45) is 0. The van der Waals surface area contributed by atoms with E-state index < -0.39 is 0 Å². The van der Waals surface area contributed by atoms with Gasteiger partial charge < -0.3 is 15.1 Å². The van der Waals surface area contributed by atoms with Crippen molar-refractivity contribution in [2.75, 3.05) is 36.4 Å². The van der Waals surface area contributed by atoms with Gasteiger partial charge >= 0.3 is 0 Å². The van der Waals surface area contributed by atoms with Crippen molar-refractivity contribution in [3.63, 3.8) is 0 Å². The van der Waals surface area contributed by atoms with E-state index in [1.165, 1.54) is 6.07 Å². The number of para-hydroxylation sites is 1. The van der Waals surface area contributed by atoms with Crippen LogP contribution < -0.4 is 10.2 Å². The fourth-order valence-electron chi connectivity index (χ4n) is 2.95. The number of rotatable bonds is 4. The van der Waals surface area contributed by atoms with Crippen molar-refractivity contribution in [1.29, 1.82) is 0 Å². The first kappa shape index (κ1) is 17.2. The lowest BCUT2D eigenvalue weighted by Crippen LogP contribution is -2.49. The van der Waals surface area contributed by atoms with E-state index in [-0.39, 0.29) is 17.8 Å². The van der Waals surface area contributed by atoms with E-state index in [1.54, 1.807) is 23.1 Å². The van der Waals surface area contributed by atoms with Gasteiger partial charge in [-0.2, -0.15) is 0 Å². The van der Waals surface area contributed by atoms with Crippen LogP contribution in [0.1, 0.15) is 24.3 Å². The van der Waals surface area contributed by atoms with E-state index in [4.69, 9.17) is 0 Å². The summed E-state index contributed by atoms with van der Waals surface area (Å²) < 4.78 is 13.9. The molecule has 1 fully saturated rings. The third kappa shape index (κ3) is 4.07. The van der Waals surface area contributed by atoms with Crippen molar-refractivity contribution in [1.82, 2.24) is 9.88 Å². The number of nitrogens with zero attached hydrogens (tertiary/aromatic N) is 3. The molecular formula is C19H23FN4O. The number of aromatic nitrogens is 1. The molecule has 0 unspecified atom stereocenters. The van der Waals surface area contributed by atoms with E-state index in [2.05, 4.69) is 10.3 Å². The number of hydrogen-bond acceptors (Lipinski definition) is 4. The van der Waals surface area contributed by atoms with Gasteiger partial charge in [-0.3, -0.25) is 4.79 Å². The lowest BCUT2D eigenvalue weighted by atomic mass is 10.2. The monoisotopic (exact) mass is 342 g/mol. The minimum Gasteiger partial charge on any atom is -0.368 e. The number of halogens is 1. The standard InChI is InChI=1S/C19H23FN4O/c1-14(2)21-18-9-5-7-16(22-18)19(25)24-12-10-23(11-13-24)17-8-4-3-6-15(17)20/h3-9,14H,10-13H2,1-2H3,(H,21,22). The highest BCUT2D eigenvalue weighted by atomic mass is 19.1. The number of carbonyl (C=O) groups excluding carboxylic acids is 1. The molecule has 1 aromatic heterocycles. The van der Waals surface area contributed by atoms with Crippen LogP contribution in [0, 0.1) is 5.82 Å². The van der Waals surface area contributed by atoms with E-state index in [9.17, 15) is 9.18 Å². The largest absolute Gasteiger partial charge is 0.368 e. The molecule has 1 aromatic carbocycles. The molecule has 1 N–H and O–H groups in total. The molecule has 25 heavy (non-hydrogen) atoms. The molecule has 132 valence electrons. The topological polar surface area (TPSA) is 48.5 Å². The maximum Gasteiger partial charge on any atom is 0.272 e. The number of piperazine rings is 1. The van der Waals surface area contributed by atoms with Crippen LogP contribution in [-0.4, -0.2) is 48.0 Å². The Morgan fingerprint density at radius 1 is 1.08 bits per heavy atom. The molecular weight excluding hydrogens is 319 g/mol. The first-order chi connectivity index (χ1) is 12.0. The highest BCUT2D eigenvalue weighted by molar-refractivity contribution is 5.92. The zero-order valence-electron chi connectivity index (χ0n) is 14.6. The van der Waals surface area contributed by atoms with Crippen molar-refractivity contribution in [3.05, 3.63) is 54.0 Å². The quantitative estimate of drug-likeness (QED) is 0.928. The number of hydrogen-bond donors (Lipinski definition) is 1. The average molecular weight is 342 g/mol. The van der Waals surface area contributed by atoms with Crippen molar-refractivity contribution in [2.24, 2.45) is 0 Å². The van der Waals surface area contributed by atoms with Crippen LogP contribution in [0.2, 0.25) is 0 Å². The molecule has 2 heterocycles. The molecule has 0 atom stereocenters. The fourth-order valence-corrected chi connectivity index (χ4v) is 2.95. The zero-order chi connectivity index (χ0) is 17.8. The van der Waals surface area contributed by atoms with Crippen molar-refractivity contribution < 1.29 is 9.18 Å². The number of nitrogens with one attached hydrogen (secondary N) is 1. The van der Waals surface area contributed by atoms with E-state index in [1.807, 2.05) is 36.9 Å². The molecule has 6 heteroatoms. The predicted molar refractivity (Wildman–Crippen MR) is 97.5 cm³/mol. The molecule has 1 amide bonds. The van der Waals surface area contributed by atoms with Gasteiger partial charge in [-0.15, -0.1) is 0 Å². The van der Waals surface area contributed by atoms with Gasteiger partial charge in [0.15, 0.2) is 0 Å². The maximum absolute atomic E-state index is 13.9. The molecule has 0 spiro atoms. The summed E-state index contributed by atoms with van der Waals surface area (Å²) in [5.74, 6) is 0.392. The Kier molecular flexibility index (Phi) is 5.16. The minimum atomic E-state index is -0.226. The minimum absolute atomic E-state index is 0.0828. The van der Waals surface area contributed by atoms with Crippen molar-refractivity contribution >= 4 is 17.4 Å². The Bertz CT molecular complexity index is 742. The maximum atomic E-state index is 13.9. The smallest absolute Gasteiger partial charge is 0.272 e. The van der Waals surface area contributed by atoms with E-state index in [0.29, 0.717) is 43.4 Å². The predicted octanol–water partition coefficient (Wildman–Crippen LogP) is 3.00. The molecule has 1 saturated heterocycles. The first-order valence-corrected chi connectivity index (χ1v) is 8.57. The highest BCUT2D eigenvalue weighted by Crippen LogP contribution is 2.20. The van der Waals surface area contributed by atoms with Gasteiger partial charge in [-0.05, 0) is 38.1 Å². The molecule has 1 aliphatic rings. The summed E-state index contributed by atoms with van der Waals surface area (Å²) in [4.78, 5) is 20.8. The van der Waals surface area contributed by atoms with Crippen LogP contribution in [0.3, 0.4) is 0 Å². The zero-order valence-corrected chi connectivity index (χ0v) is 14.6. The van der Waals surface area contributed by atoms with E-state index >= 15 is 0 Å². The van der Waals surface area contributed by atoms with Crippen molar-refractivity contribution in [2.45, 2.75) is 19.9 Å². The third-order valence-electron chi connectivity index (χ3n) is 4.16. The SMILES string of the molecule is CC(C)Nc1cccc(C(=O)N2CCN(c3ccccc3F)CC2)n1. The first-order valence-electron chi connectivity index (χ1n) is 8.57. The van der Waals surface area contributed by atoms with Gasteiger partial charge in [0.1, 0.15) is 17.3 Å². The fraction of sp³-hybridized carbons (Fsp3) is 0.368. The van der Waals surface area contributed by atoms with Gasteiger partial charge in [-0.1, -0.05) is 18.2 Å². The third-order valence-corrected chi connectivity index (χ3v) is 4.16. The average Bonchev–Trinajstić information content (AvgIpc) is 2.61. The number of benzene rings is 1. The van der Waals surface area contributed by atoms with E-state index in [0.717, 1.165) is 0 Å². The molecule has 2 aromatic rings. The second-order valence-corrected chi connectivity index (χ2v) is 6.44. The van der Waals surface area contributed by atoms with Gasteiger partial charge in [0.05, 0.1) is 5.69 Å². The summed E-state index contributed by atoms with van der Waals surface area (Å²) in [6.45, 7) is 6.37. The molecule has 0 saturated carbocycles. The van der Waals surface area contributed by atoms with Gasteiger partial charge in [0.25, 0.3) is 5.91 Å². The second-order valence-electron chi connectivity index (χ2n) is 6.44. The molecule has 5 nitrogen and oxygen atoms in total. The molecule has 1 aliphatic heterocycles. The Morgan fingerprint density at radius 2 is 1.80 bits per heavy atom. The van der Waals surface area contributed by atoms with Crippen LogP contribution in [0.15, 0.2) is 42.5 Å². The van der Waals surface area contributed by atoms with Crippen LogP contribution in [0.25, 0.3) is 0 Å². The summed E-state index contributed by atoms with van der Waals surface area (Å²) in [7, 11) is 0. The van der Waals surface area contributed by atoms with Gasteiger partial charge in [0.2, 0.25) is 0 Å². The van der Waals surface area contributed by atoms with Gasteiger partial charge in [-0.25, -0.2) is 9.37 Å². The van der Waals surface area contributed by atoms with Crippen LogP contribution in [-0.2, 0) is 0 Å². The summed E-state index contributed by atoms with van der Waals surface area (Å²) >= 11 is 0. The Balaban J connectivity index is 1.65. The Morgan fingerprint density at radius 3 is 2.48 bits per heavy atom. The summed E-state index contributed by atoms with van der Waals surface area (Å²) in [5, 5.41) is 3.21. The lowest BCUT2D eigenvalue weighted by Gasteiger charge is -2.36. The molecule has 3 rings (SSSR count). The number of pyridine rings is 1. The number of anilines is 2. The summed E-state index contributed by atoms with van der Waals surface area (Å²) in [5.41, 5.74) is 1.03. The normalized spacial score (nSPS) is 14.7. The summed E-state index contributed by atoms with van der Waals surface area (Å²) in [6, 6.07) is 12.4. The van der Waals surface area contributed by atoms with Crippen molar-refractivity contribution in [3.8, 4) is 0 Å². The molecule has 0 radical (unpaired) electrons. The highest BCUT2D eigenvalue weighted by Gasteiger charge is 2.24. The lowest BCUT2D eigenvalue weighted by molar-refractivity contribution is 0.0741. The Hall–Kier alpha value is -2.63.